The Balaban J connectivity index is 2.44. The number of benzene rings is 2. The maximum absolute atomic E-state index is 11.1. The number of hydrogen-bond acceptors (Lipinski definition) is 3. The lowest BCUT2D eigenvalue weighted by molar-refractivity contribution is 0.0696. The molecule has 2 rings (SSSR count). The van der Waals surface area contributed by atoms with Gasteiger partial charge in [0.2, 0.25) is 0 Å². The number of nitriles is 1. The first kappa shape index (κ1) is 13.6. The Morgan fingerprint density at radius 1 is 1.20 bits per heavy atom. The zero-order valence-electron chi connectivity index (χ0n) is 11.3. The van der Waals surface area contributed by atoms with Gasteiger partial charge in [-0.05, 0) is 43.2 Å². The van der Waals surface area contributed by atoms with Gasteiger partial charge in [-0.25, -0.2) is 4.79 Å². The van der Waals surface area contributed by atoms with Gasteiger partial charge in [-0.15, -0.1) is 0 Å². The average molecular weight is 266 g/mol. The van der Waals surface area contributed by atoms with Crippen LogP contribution in [0.25, 0.3) is 0 Å². The van der Waals surface area contributed by atoms with Crippen molar-refractivity contribution in [2.24, 2.45) is 0 Å². The normalized spacial score (nSPS) is 9.85. The molecule has 0 amide bonds. The van der Waals surface area contributed by atoms with Gasteiger partial charge in [-0.2, -0.15) is 5.26 Å². The topological polar surface area (TPSA) is 73.1 Å². The zero-order chi connectivity index (χ0) is 14.7. The van der Waals surface area contributed by atoms with Crippen molar-refractivity contribution in [1.82, 2.24) is 0 Å². The molecule has 4 nitrogen and oxygen atoms in total. The van der Waals surface area contributed by atoms with Gasteiger partial charge in [-0.3, -0.25) is 0 Å². The van der Waals surface area contributed by atoms with E-state index in [1.807, 2.05) is 19.1 Å². The molecule has 2 aromatic rings. The molecule has 0 aromatic heterocycles. The van der Waals surface area contributed by atoms with Crippen molar-refractivity contribution >= 4 is 17.3 Å². The first-order valence-electron chi connectivity index (χ1n) is 6.13. The van der Waals surface area contributed by atoms with Crippen molar-refractivity contribution in [2.75, 3.05) is 5.32 Å². The molecule has 0 unspecified atom stereocenters. The molecule has 0 radical (unpaired) electrons. The highest BCUT2D eigenvalue weighted by Gasteiger charge is 2.10. The van der Waals surface area contributed by atoms with Crippen molar-refractivity contribution < 1.29 is 9.90 Å². The first-order valence-corrected chi connectivity index (χ1v) is 6.13. The predicted octanol–water partition coefficient (Wildman–Crippen LogP) is 3.62. The molecule has 0 aliphatic carbocycles. The van der Waals surface area contributed by atoms with Crippen molar-refractivity contribution in [3.63, 3.8) is 0 Å². The van der Waals surface area contributed by atoms with Crippen LogP contribution in [0, 0.1) is 25.2 Å². The van der Waals surface area contributed by atoms with Crippen LogP contribution >= 0.6 is 0 Å². The molecule has 0 heterocycles. The quantitative estimate of drug-likeness (QED) is 0.889. The van der Waals surface area contributed by atoms with Gasteiger partial charge in [-0.1, -0.05) is 18.2 Å². The van der Waals surface area contributed by atoms with Gasteiger partial charge in [0.15, 0.2) is 0 Å². The van der Waals surface area contributed by atoms with E-state index < -0.39 is 5.97 Å². The third-order valence-electron chi connectivity index (χ3n) is 3.13. The van der Waals surface area contributed by atoms with E-state index in [0.29, 0.717) is 22.5 Å². The van der Waals surface area contributed by atoms with Gasteiger partial charge < -0.3 is 10.4 Å². The van der Waals surface area contributed by atoms with Gasteiger partial charge in [0.1, 0.15) is 6.07 Å². The summed E-state index contributed by atoms with van der Waals surface area (Å²) >= 11 is 0. The third kappa shape index (κ3) is 2.62. The molecule has 0 aliphatic heterocycles. The van der Waals surface area contributed by atoms with E-state index in [1.165, 1.54) is 0 Å². The Hall–Kier alpha value is -2.80. The summed E-state index contributed by atoms with van der Waals surface area (Å²) in [4.78, 5) is 11.1. The highest BCUT2D eigenvalue weighted by molar-refractivity contribution is 5.91. The summed E-state index contributed by atoms with van der Waals surface area (Å²) in [5.41, 5.74) is 3.77. The van der Waals surface area contributed by atoms with Crippen LogP contribution in [-0.4, -0.2) is 11.1 Å². The SMILES string of the molecule is Cc1ccc(Nc2c(C)cccc2C#N)cc1C(=O)O. The summed E-state index contributed by atoms with van der Waals surface area (Å²) in [5, 5.41) is 21.4. The van der Waals surface area contributed by atoms with E-state index in [0.717, 1.165) is 5.56 Å². The van der Waals surface area contributed by atoms with Crippen LogP contribution in [0.1, 0.15) is 27.0 Å². The maximum Gasteiger partial charge on any atom is 0.336 e. The second-order valence-corrected chi connectivity index (χ2v) is 4.57. The number of aromatic carboxylic acids is 1. The Morgan fingerprint density at radius 2 is 1.95 bits per heavy atom. The van der Waals surface area contributed by atoms with E-state index in [4.69, 9.17) is 10.4 Å². The Labute approximate surface area is 117 Å². The summed E-state index contributed by atoms with van der Waals surface area (Å²) in [6.45, 7) is 3.65. The Bertz CT molecular complexity index is 715. The smallest absolute Gasteiger partial charge is 0.336 e. The largest absolute Gasteiger partial charge is 0.478 e. The van der Waals surface area contributed by atoms with Crippen LogP contribution in [0.3, 0.4) is 0 Å². The monoisotopic (exact) mass is 266 g/mol. The number of carbonyl (C=O) groups is 1. The molecular formula is C16H14N2O2. The van der Waals surface area contributed by atoms with E-state index in [1.54, 1.807) is 31.2 Å². The second-order valence-electron chi connectivity index (χ2n) is 4.57. The number of rotatable bonds is 3. The number of para-hydroxylation sites is 1. The van der Waals surface area contributed by atoms with Crippen LogP contribution in [0.5, 0.6) is 0 Å². The third-order valence-corrected chi connectivity index (χ3v) is 3.13. The summed E-state index contributed by atoms with van der Waals surface area (Å²) < 4.78 is 0. The molecule has 0 spiro atoms. The van der Waals surface area contributed by atoms with Gasteiger partial charge in [0, 0.05) is 5.69 Å². The number of carboxylic acids is 1. The van der Waals surface area contributed by atoms with Gasteiger partial charge >= 0.3 is 5.97 Å². The summed E-state index contributed by atoms with van der Waals surface area (Å²) in [6, 6.07) is 12.7. The molecule has 2 aromatic carbocycles. The van der Waals surface area contributed by atoms with Crippen molar-refractivity contribution in [3.8, 4) is 6.07 Å². The molecule has 4 heteroatoms. The van der Waals surface area contributed by atoms with Gasteiger partial charge in [0.25, 0.3) is 0 Å². The lowest BCUT2D eigenvalue weighted by atomic mass is 10.1. The number of anilines is 2. The lowest BCUT2D eigenvalue weighted by Crippen LogP contribution is -2.02. The minimum atomic E-state index is -0.962. The number of aryl methyl sites for hydroxylation is 2. The van der Waals surface area contributed by atoms with Crippen molar-refractivity contribution in [1.29, 1.82) is 5.26 Å². The molecule has 2 N–H and O–H groups in total. The molecule has 100 valence electrons. The zero-order valence-corrected chi connectivity index (χ0v) is 11.3. The highest BCUT2D eigenvalue weighted by atomic mass is 16.4. The van der Waals surface area contributed by atoms with Gasteiger partial charge in [0.05, 0.1) is 16.8 Å². The summed E-state index contributed by atoms with van der Waals surface area (Å²) in [6.07, 6.45) is 0. The summed E-state index contributed by atoms with van der Waals surface area (Å²) in [5.74, 6) is -0.962. The number of nitrogens with zero attached hydrogens (tertiary/aromatic N) is 1. The highest BCUT2D eigenvalue weighted by Crippen LogP contribution is 2.25. The van der Waals surface area contributed by atoms with Crippen LogP contribution in [-0.2, 0) is 0 Å². The fourth-order valence-electron chi connectivity index (χ4n) is 2.00. The fraction of sp³-hybridized carbons (Fsp3) is 0.125. The van der Waals surface area contributed by atoms with Crippen LogP contribution in [0.2, 0.25) is 0 Å². The molecule has 0 saturated heterocycles. The van der Waals surface area contributed by atoms with Crippen LogP contribution in [0.15, 0.2) is 36.4 Å². The molecular weight excluding hydrogens is 252 g/mol. The fourth-order valence-corrected chi connectivity index (χ4v) is 2.00. The Morgan fingerprint density at radius 3 is 2.60 bits per heavy atom. The second kappa shape index (κ2) is 5.45. The van der Waals surface area contributed by atoms with Crippen molar-refractivity contribution in [3.05, 3.63) is 58.7 Å². The predicted molar refractivity (Wildman–Crippen MR) is 77.3 cm³/mol. The molecule has 0 aliphatic rings. The summed E-state index contributed by atoms with van der Waals surface area (Å²) in [7, 11) is 0. The number of hydrogen-bond donors (Lipinski definition) is 2. The Kier molecular flexibility index (Phi) is 3.72. The first-order chi connectivity index (χ1) is 9.52. The lowest BCUT2D eigenvalue weighted by Gasteiger charge is -2.12. The maximum atomic E-state index is 11.1. The standard InChI is InChI=1S/C16H14N2O2/c1-10-6-7-13(8-14(10)16(19)20)18-15-11(2)4-3-5-12(15)9-17/h3-8,18H,1-2H3,(H,19,20). The van der Waals surface area contributed by atoms with E-state index in [9.17, 15) is 4.79 Å². The number of nitrogens with one attached hydrogen (secondary N) is 1. The molecule has 20 heavy (non-hydrogen) atoms. The van der Waals surface area contributed by atoms with E-state index >= 15 is 0 Å². The molecule has 0 atom stereocenters. The molecule has 0 saturated carbocycles. The number of carboxylic acid groups (broad SMARTS) is 1. The van der Waals surface area contributed by atoms with Crippen LogP contribution < -0.4 is 5.32 Å². The van der Waals surface area contributed by atoms with E-state index in [2.05, 4.69) is 11.4 Å². The minimum Gasteiger partial charge on any atom is -0.478 e. The van der Waals surface area contributed by atoms with E-state index in [-0.39, 0.29) is 5.56 Å². The van der Waals surface area contributed by atoms with Crippen LogP contribution in [0.4, 0.5) is 11.4 Å². The molecule has 0 bridgehead atoms. The minimum absolute atomic E-state index is 0.252. The van der Waals surface area contributed by atoms with Crippen molar-refractivity contribution in [2.45, 2.75) is 13.8 Å². The molecule has 0 fully saturated rings. The average Bonchev–Trinajstić information content (AvgIpc) is 2.42.